The van der Waals surface area contributed by atoms with Gasteiger partial charge in [-0.3, -0.25) is 15.3 Å². The Hall–Kier alpha value is -3.07. The first kappa shape index (κ1) is 25.6. The molecule has 8 heteroatoms. The number of hydrogen-bond acceptors (Lipinski definition) is 5. The quantitative estimate of drug-likeness (QED) is 0.433. The van der Waals surface area contributed by atoms with Crippen molar-refractivity contribution in [3.05, 3.63) is 76.7 Å². The predicted octanol–water partition coefficient (Wildman–Crippen LogP) is 5.31. The van der Waals surface area contributed by atoms with Crippen LogP contribution in [0.25, 0.3) is 10.9 Å². The van der Waals surface area contributed by atoms with Crippen LogP contribution in [-0.4, -0.2) is 42.3 Å². The number of carbonyl (C=O) groups is 1. The lowest BCUT2D eigenvalue weighted by atomic mass is 9.89. The van der Waals surface area contributed by atoms with E-state index in [0.29, 0.717) is 30.1 Å². The molecule has 196 valence electrons. The van der Waals surface area contributed by atoms with Crippen LogP contribution < -0.4 is 10.9 Å². The topological polar surface area (TPSA) is 75.7 Å². The van der Waals surface area contributed by atoms with Gasteiger partial charge in [-0.05, 0) is 48.9 Å². The van der Waals surface area contributed by atoms with E-state index in [-0.39, 0.29) is 18.6 Å². The minimum atomic E-state index is -1.20. The van der Waals surface area contributed by atoms with Gasteiger partial charge < -0.3 is 9.47 Å². The molecule has 3 aromatic rings. The van der Waals surface area contributed by atoms with Gasteiger partial charge >= 0.3 is 6.03 Å². The number of nitrogens with one attached hydrogen (secondary N) is 2. The zero-order chi connectivity index (χ0) is 26.0. The summed E-state index contributed by atoms with van der Waals surface area (Å²) in [5.41, 5.74) is 8.66. The molecule has 2 aromatic carbocycles. The minimum Gasteiger partial charge on any atom is -0.381 e. The number of halogens is 1. The molecule has 1 unspecified atom stereocenters. The second kappa shape index (κ2) is 10.7. The number of benzene rings is 2. The number of hydrazine groups is 1. The van der Waals surface area contributed by atoms with Crippen molar-refractivity contribution in [1.29, 1.82) is 0 Å². The molecule has 0 aliphatic carbocycles. The van der Waals surface area contributed by atoms with E-state index in [4.69, 9.17) is 14.5 Å². The van der Waals surface area contributed by atoms with Crippen molar-refractivity contribution in [2.45, 2.75) is 57.7 Å². The van der Waals surface area contributed by atoms with Gasteiger partial charge in [-0.2, -0.15) is 0 Å². The van der Waals surface area contributed by atoms with Crippen molar-refractivity contribution in [2.75, 3.05) is 26.4 Å². The van der Waals surface area contributed by atoms with Crippen molar-refractivity contribution >= 4 is 16.9 Å². The van der Waals surface area contributed by atoms with Crippen molar-refractivity contribution < 1.29 is 18.7 Å². The minimum absolute atomic E-state index is 0.0709. The average Bonchev–Trinajstić information content (AvgIpc) is 3.24. The number of aromatic nitrogens is 1. The predicted molar refractivity (Wildman–Crippen MR) is 140 cm³/mol. The number of rotatable bonds is 8. The first-order chi connectivity index (χ1) is 17.9. The van der Waals surface area contributed by atoms with Crippen molar-refractivity contribution in [1.82, 2.24) is 20.7 Å². The maximum absolute atomic E-state index is 16.0. The Labute approximate surface area is 217 Å². The van der Waals surface area contributed by atoms with Crippen LogP contribution in [0.3, 0.4) is 0 Å². The molecule has 1 atom stereocenters. The molecule has 37 heavy (non-hydrogen) atoms. The van der Waals surface area contributed by atoms with Gasteiger partial charge in [-0.15, -0.1) is 0 Å². The smallest absolute Gasteiger partial charge is 0.333 e. The number of nitrogens with zero attached hydrogens (tertiary/aromatic N) is 2. The molecular formula is C29H35FN4O3. The van der Waals surface area contributed by atoms with Crippen LogP contribution in [-0.2, 0) is 21.7 Å². The molecule has 2 aliphatic rings. The second-order valence-corrected chi connectivity index (χ2v) is 10.2. The lowest BCUT2D eigenvalue weighted by molar-refractivity contribution is 0.000918. The van der Waals surface area contributed by atoms with Crippen LogP contribution in [0.2, 0.25) is 0 Å². The van der Waals surface area contributed by atoms with E-state index in [9.17, 15) is 4.79 Å². The standard InChI is InChI=1S/C29H35FN4O3/c1-4-34-28(35)32-33-29(34,18-37-17-20-8-6-5-7-9-20)24-14-23-22(19(2)3)15-26(21-10-12-36-13-11-21)31-27(23)16-25(24)30/h5-9,14-16,19,21,33H,4,10-13,17-18H2,1-3H3,(H,32,35). The SMILES string of the molecule is CCN1C(=O)NNC1(COCc1ccccc1)c1cc2c(C(C)C)cc(C3CCOCC3)nc2cc1F. The molecule has 5 rings (SSSR count). The van der Waals surface area contributed by atoms with Crippen molar-refractivity contribution in [3.63, 3.8) is 0 Å². The van der Waals surface area contributed by atoms with E-state index in [1.54, 1.807) is 4.90 Å². The summed E-state index contributed by atoms with van der Waals surface area (Å²) in [7, 11) is 0. The van der Waals surface area contributed by atoms with Crippen molar-refractivity contribution in [3.8, 4) is 0 Å². The molecule has 0 saturated carbocycles. The third-order valence-corrected chi connectivity index (χ3v) is 7.48. The number of hydrogen-bond donors (Lipinski definition) is 2. The summed E-state index contributed by atoms with van der Waals surface area (Å²) in [5, 5.41) is 0.891. The van der Waals surface area contributed by atoms with Gasteiger partial charge in [0, 0.05) is 48.4 Å². The molecule has 3 heterocycles. The largest absolute Gasteiger partial charge is 0.381 e. The van der Waals surface area contributed by atoms with E-state index in [0.717, 1.165) is 48.3 Å². The van der Waals surface area contributed by atoms with Crippen LogP contribution in [0.4, 0.5) is 9.18 Å². The molecule has 2 saturated heterocycles. The maximum Gasteiger partial charge on any atom is 0.333 e. The highest BCUT2D eigenvalue weighted by atomic mass is 19.1. The highest BCUT2D eigenvalue weighted by Gasteiger charge is 2.48. The van der Waals surface area contributed by atoms with Gasteiger partial charge in [0.25, 0.3) is 0 Å². The van der Waals surface area contributed by atoms with Crippen LogP contribution in [0.15, 0.2) is 48.5 Å². The molecule has 0 spiro atoms. The van der Waals surface area contributed by atoms with Crippen LogP contribution in [0.1, 0.15) is 67.8 Å². The van der Waals surface area contributed by atoms with E-state index >= 15 is 4.39 Å². The third kappa shape index (κ3) is 4.93. The summed E-state index contributed by atoms with van der Waals surface area (Å²) < 4.78 is 27.6. The molecule has 2 N–H and O–H groups in total. The van der Waals surface area contributed by atoms with E-state index < -0.39 is 11.5 Å². The van der Waals surface area contributed by atoms with Gasteiger partial charge in [0.05, 0.1) is 18.7 Å². The Bertz CT molecular complexity index is 1260. The molecular weight excluding hydrogens is 471 g/mol. The molecule has 1 aromatic heterocycles. The van der Waals surface area contributed by atoms with Gasteiger partial charge in [0.1, 0.15) is 5.82 Å². The first-order valence-electron chi connectivity index (χ1n) is 13.1. The van der Waals surface area contributed by atoms with E-state index in [1.807, 2.05) is 43.3 Å². The number of carbonyl (C=O) groups excluding carboxylic acids is 1. The summed E-state index contributed by atoms with van der Waals surface area (Å²) in [6.07, 6.45) is 1.84. The summed E-state index contributed by atoms with van der Waals surface area (Å²) in [6, 6.07) is 15.0. The molecule has 2 fully saturated rings. The van der Waals surface area contributed by atoms with Gasteiger partial charge in [0.15, 0.2) is 5.66 Å². The molecule has 2 amide bonds. The van der Waals surface area contributed by atoms with Crippen LogP contribution in [0.5, 0.6) is 0 Å². The zero-order valence-corrected chi connectivity index (χ0v) is 21.7. The molecule has 7 nitrogen and oxygen atoms in total. The highest BCUT2D eigenvalue weighted by molar-refractivity contribution is 5.85. The second-order valence-electron chi connectivity index (χ2n) is 10.2. The molecule has 0 radical (unpaired) electrons. The fourth-order valence-electron chi connectivity index (χ4n) is 5.47. The Morgan fingerprint density at radius 1 is 1.19 bits per heavy atom. The highest BCUT2D eigenvalue weighted by Crippen LogP contribution is 2.37. The normalized spacial score (nSPS) is 20.7. The summed E-state index contributed by atoms with van der Waals surface area (Å²) >= 11 is 0. The van der Waals surface area contributed by atoms with Gasteiger partial charge in [-0.25, -0.2) is 14.6 Å². The van der Waals surface area contributed by atoms with Gasteiger partial charge in [0.2, 0.25) is 0 Å². The molecule has 0 bridgehead atoms. The lowest BCUT2D eigenvalue weighted by Crippen LogP contribution is -2.54. The fraction of sp³-hybridized carbons (Fsp3) is 0.448. The first-order valence-corrected chi connectivity index (χ1v) is 13.1. The average molecular weight is 507 g/mol. The van der Waals surface area contributed by atoms with Crippen LogP contribution in [0, 0.1) is 5.82 Å². The fourth-order valence-corrected chi connectivity index (χ4v) is 5.47. The third-order valence-electron chi connectivity index (χ3n) is 7.48. The maximum atomic E-state index is 16.0. The van der Waals surface area contributed by atoms with E-state index in [2.05, 4.69) is 30.8 Å². The number of pyridine rings is 1. The number of likely N-dealkylation sites (N-methyl/N-ethyl adjacent to an activating group) is 1. The summed E-state index contributed by atoms with van der Waals surface area (Å²) in [5.74, 6) is 0.0980. The number of ether oxygens (including phenoxy) is 2. The summed E-state index contributed by atoms with van der Waals surface area (Å²) in [6.45, 7) is 8.39. The van der Waals surface area contributed by atoms with E-state index in [1.165, 1.54) is 6.07 Å². The molecule has 2 aliphatic heterocycles. The Morgan fingerprint density at radius 2 is 1.95 bits per heavy atom. The van der Waals surface area contributed by atoms with Crippen molar-refractivity contribution in [2.24, 2.45) is 0 Å². The Morgan fingerprint density at radius 3 is 2.65 bits per heavy atom. The summed E-state index contributed by atoms with van der Waals surface area (Å²) in [4.78, 5) is 19.2. The van der Waals surface area contributed by atoms with Gasteiger partial charge in [-0.1, -0.05) is 44.2 Å². The number of urea groups is 1. The lowest BCUT2D eigenvalue weighted by Gasteiger charge is -2.36. The van der Waals surface area contributed by atoms with Crippen LogP contribution >= 0.6 is 0 Å². The number of fused-ring (bicyclic) bond motifs is 1. The zero-order valence-electron chi connectivity index (χ0n) is 21.7. The number of amides is 2. The Balaban J connectivity index is 1.57. The monoisotopic (exact) mass is 506 g/mol. The Kier molecular flexibility index (Phi) is 7.42.